The van der Waals surface area contributed by atoms with Crippen molar-refractivity contribution in [1.82, 2.24) is 14.6 Å². The van der Waals surface area contributed by atoms with Crippen LogP contribution in [0.1, 0.15) is 10.4 Å². The van der Waals surface area contributed by atoms with E-state index in [4.69, 9.17) is 0 Å². The first-order chi connectivity index (χ1) is 18.3. The monoisotopic (exact) mass is 516 g/mol. The van der Waals surface area contributed by atoms with Gasteiger partial charge in [-0.3, -0.25) is 34.8 Å². The molecule has 3 aromatic carbocycles. The molecular weight excluding hydrogens is 496 g/mol. The third-order valence-electron chi connectivity index (χ3n) is 6.40. The SMILES string of the molecule is O=C(c1ccccc1[N+](=O)[O-])C1CNCCN1n1c(=O)n(-c2ccccc2[N+](=O)[O-])c(=O)c2ccccc21. The first kappa shape index (κ1) is 24.5. The highest BCUT2D eigenvalue weighted by molar-refractivity contribution is 6.04. The van der Waals surface area contributed by atoms with E-state index in [0.717, 1.165) is 9.24 Å². The van der Waals surface area contributed by atoms with Crippen molar-refractivity contribution in [3.05, 3.63) is 119 Å². The highest BCUT2D eigenvalue weighted by Crippen LogP contribution is 2.23. The van der Waals surface area contributed by atoms with Crippen LogP contribution in [0.5, 0.6) is 0 Å². The summed E-state index contributed by atoms with van der Waals surface area (Å²) in [5.74, 6) is -0.594. The summed E-state index contributed by atoms with van der Waals surface area (Å²) in [7, 11) is 0. The number of nitrogens with one attached hydrogen (secondary N) is 1. The number of ketones is 1. The van der Waals surface area contributed by atoms with Crippen molar-refractivity contribution >= 4 is 28.1 Å². The van der Waals surface area contributed by atoms with Gasteiger partial charge in [-0.15, -0.1) is 0 Å². The van der Waals surface area contributed by atoms with Gasteiger partial charge in [0.1, 0.15) is 11.7 Å². The van der Waals surface area contributed by atoms with Crippen molar-refractivity contribution in [2.45, 2.75) is 6.04 Å². The molecular formula is C25H20N6O7. The normalized spacial score (nSPS) is 15.4. The summed E-state index contributed by atoms with van der Waals surface area (Å²) in [6, 6.07) is 16.1. The Hall–Kier alpha value is -5.17. The third-order valence-corrected chi connectivity index (χ3v) is 6.40. The smallest absolute Gasteiger partial charge is 0.312 e. The van der Waals surface area contributed by atoms with Gasteiger partial charge in [0.25, 0.3) is 16.9 Å². The van der Waals surface area contributed by atoms with Gasteiger partial charge in [0.2, 0.25) is 0 Å². The highest BCUT2D eigenvalue weighted by Gasteiger charge is 2.35. The number of benzene rings is 3. The van der Waals surface area contributed by atoms with Gasteiger partial charge in [0.15, 0.2) is 5.78 Å². The van der Waals surface area contributed by atoms with Crippen LogP contribution >= 0.6 is 0 Å². The summed E-state index contributed by atoms with van der Waals surface area (Å²) >= 11 is 0. The number of carbonyl (C=O) groups is 1. The van der Waals surface area contributed by atoms with E-state index < -0.39 is 38.6 Å². The number of fused-ring (bicyclic) bond motifs is 1. The third kappa shape index (κ3) is 4.00. The number of nitrogens with zero attached hydrogens (tertiary/aromatic N) is 5. The van der Waals surface area contributed by atoms with Crippen molar-refractivity contribution in [1.29, 1.82) is 0 Å². The molecule has 1 saturated heterocycles. The van der Waals surface area contributed by atoms with Crippen LogP contribution in [0, 0.1) is 20.2 Å². The zero-order valence-corrected chi connectivity index (χ0v) is 19.7. The minimum Gasteiger partial charge on any atom is -0.312 e. The number of nitro groups is 2. The lowest BCUT2D eigenvalue weighted by Crippen LogP contribution is -2.63. The van der Waals surface area contributed by atoms with E-state index in [1.165, 1.54) is 65.7 Å². The average molecular weight is 516 g/mol. The summed E-state index contributed by atoms with van der Waals surface area (Å²) in [5.41, 5.74) is -2.63. The van der Waals surface area contributed by atoms with E-state index in [0.29, 0.717) is 6.54 Å². The first-order valence-corrected chi connectivity index (χ1v) is 11.6. The van der Waals surface area contributed by atoms with Crippen LogP contribution in [0.25, 0.3) is 16.6 Å². The molecule has 38 heavy (non-hydrogen) atoms. The Labute approximate surface area is 213 Å². The molecule has 1 unspecified atom stereocenters. The molecule has 5 rings (SSSR count). The molecule has 4 aromatic rings. The van der Waals surface area contributed by atoms with Gasteiger partial charge in [-0.05, 0) is 24.3 Å². The largest absolute Gasteiger partial charge is 0.355 e. The number of para-hydroxylation sites is 4. The highest BCUT2D eigenvalue weighted by atomic mass is 16.6. The maximum atomic E-state index is 14.0. The molecule has 13 heteroatoms. The summed E-state index contributed by atoms with van der Waals surface area (Å²) in [4.78, 5) is 63.1. The topological polar surface area (TPSA) is 163 Å². The Balaban J connectivity index is 1.77. The lowest BCUT2D eigenvalue weighted by Gasteiger charge is -2.38. The van der Waals surface area contributed by atoms with Crippen LogP contribution in [0.15, 0.2) is 82.4 Å². The van der Waals surface area contributed by atoms with E-state index in [1.807, 2.05) is 0 Å². The Bertz CT molecular complexity index is 1730. The molecule has 192 valence electrons. The second-order valence-electron chi connectivity index (χ2n) is 8.52. The number of hydrogen-bond acceptors (Lipinski definition) is 9. The van der Waals surface area contributed by atoms with Crippen LogP contribution in [-0.4, -0.2) is 50.5 Å². The predicted molar refractivity (Wildman–Crippen MR) is 138 cm³/mol. The van der Waals surface area contributed by atoms with Crippen molar-refractivity contribution < 1.29 is 14.6 Å². The van der Waals surface area contributed by atoms with Gasteiger partial charge < -0.3 is 5.32 Å². The lowest BCUT2D eigenvalue weighted by atomic mass is 10.0. The Kier molecular flexibility index (Phi) is 6.26. The van der Waals surface area contributed by atoms with Gasteiger partial charge >= 0.3 is 5.69 Å². The van der Waals surface area contributed by atoms with E-state index in [2.05, 4.69) is 5.32 Å². The molecule has 0 amide bonds. The van der Waals surface area contributed by atoms with Crippen molar-refractivity contribution in [2.75, 3.05) is 24.6 Å². The number of Topliss-reactive ketones (excluding diaryl/α,β-unsaturated/α-hetero) is 1. The van der Waals surface area contributed by atoms with Crippen LogP contribution in [0.2, 0.25) is 0 Å². The maximum Gasteiger partial charge on any atom is 0.355 e. The van der Waals surface area contributed by atoms with E-state index in [-0.39, 0.29) is 40.9 Å². The molecule has 2 heterocycles. The number of carbonyl (C=O) groups excluding carboxylic acids is 1. The number of aromatic nitrogens is 2. The van der Waals surface area contributed by atoms with Gasteiger partial charge in [-0.1, -0.05) is 36.4 Å². The maximum absolute atomic E-state index is 14.0. The van der Waals surface area contributed by atoms with Crippen LogP contribution in [0.4, 0.5) is 11.4 Å². The first-order valence-electron chi connectivity index (χ1n) is 11.6. The predicted octanol–water partition coefficient (Wildman–Crippen LogP) is 1.76. The molecule has 1 fully saturated rings. The Morgan fingerprint density at radius 3 is 2.24 bits per heavy atom. The quantitative estimate of drug-likeness (QED) is 0.228. The molecule has 1 aliphatic heterocycles. The van der Waals surface area contributed by atoms with Crippen LogP contribution < -0.4 is 21.6 Å². The van der Waals surface area contributed by atoms with E-state index >= 15 is 0 Å². The zero-order valence-electron chi connectivity index (χ0n) is 19.7. The number of nitro benzene ring substituents is 2. The van der Waals surface area contributed by atoms with Gasteiger partial charge in [0.05, 0.1) is 26.3 Å². The van der Waals surface area contributed by atoms with Crippen molar-refractivity contribution in [3.63, 3.8) is 0 Å². The fourth-order valence-electron chi connectivity index (χ4n) is 4.69. The second-order valence-corrected chi connectivity index (χ2v) is 8.52. The Morgan fingerprint density at radius 1 is 0.868 bits per heavy atom. The molecule has 0 aliphatic carbocycles. The standard InChI is InChI=1S/C25H20N6O7/c32-23(16-7-1-4-10-19(16)30(35)36)22-15-26-13-14-27(22)29-18-9-3-2-8-17(18)24(33)28(25(29)34)20-11-5-6-12-21(20)31(37)38/h1-12,22,26H,13-15H2. The van der Waals surface area contributed by atoms with E-state index in [9.17, 15) is 34.6 Å². The number of rotatable bonds is 6. The average Bonchev–Trinajstić information content (AvgIpc) is 2.93. The molecule has 0 radical (unpaired) electrons. The molecule has 13 nitrogen and oxygen atoms in total. The Morgan fingerprint density at radius 2 is 1.50 bits per heavy atom. The fraction of sp³-hybridized carbons (Fsp3) is 0.160. The number of hydrogen-bond donors (Lipinski definition) is 1. The molecule has 0 saturated carbocycles. The molecule has 0 spiro atoms. The van der Waals surface area contributed by atoms with Crippen LogP contribution in [-0.2, 0) is 0 Å². The molecule has 1 aliphatic rings. The summed E-state index contributed by atoms with van der Waals surface area (Å²) in [5, 5.41) is 27.9. The molecule has 1 aromatic heterocycles. The zero-order chi connectivity index (χ0) is 27.0. The van der Waals surface area contributed by atoms with Crippen molar-refractivity contribution in [2.24, 2.45) is 0 Å². The van der Waals surface area contributed by atoms with Crippen molar-refractivity contribution in [3.8, 4) is 5.69 Å². The van der Waals surface area contributed by atoms with E-state index in [1.54, 1.807) is 12.1 Å². The fourth-order valence-corrected chi connectivity index (χ4v) is 4.69. The van der Waals surface area contributed by atoms with Gasteiger partial charge in [0, 0.05) is 31.8 Å². The van der Waals surface area contributed by atoms with Gasteiger partial charge in [-0.25, -0.2) is 14.0 Å². The molecule has 0 bridgehead atoms. The summed E-state index contributed by atoms with van der Waals surface area (Å²) < 4.78 is 1.88. The summed E-state index contributed by atoms with van der Waals surface area (Å²) in [6.07, 6.45) is 0. The molecule has 1 atom stereocenters. The second kappa shape index (κ2) is 9.71. The lowest BCUT2D eigenvalue weighted by molar-refractivity contribution is -0.385. The number of piperazine rings is 1. The summed E-state index contributed by atoms with van der Waals surface area (Å²) in [6.45, 7) is 0.568. The van der Waals surface area contributed by atoms with Crippen LogP contribution in [0.3, 0.4) is 0 Å². The minimum absolute atomic E-state index is 0.0657. The molecule has 1 N–H and O–H groups in total. The minimum atomic E-state index is -1.05. The van der Waals surface area contributed by atoms with Gasteiger partial charge in [-0.2, -0.15) is 0 Å².